The highest BCUT2D eigenvalue weighted by Crippen LogP contribution is 2.37. The third-order valence-corrected chi connectivity index (χ3v) is 3.29. The molecule has 0 aromatic heterocycles. The number of rotatable bonds is 8. The molecule has 0 saturated carbocycles. The number of carboxylic acids is 1. The van der Waals surface area contributed by atoms with Crippen molar-refractivity contribution in [3.63, 3.8) is 0 Å². The van der Waals surface area contributed by atoms with Crippen molar-refractivity contribution in [2.45, 2.75) is 46.4 Å². The molecule has 0 bridgehead atoms. The van der Waals surface area contributed by atoms with Crippen LogP contribution in [0.1, 0.15) is 33.3 Å². The fourth-order valence-corrected chi connectivity index (χ4v) is 2.28. The summed E-state index contributed by atoms with van der Waals surface area (Å²) in [5, 5.41) is 11.8. The molecule has 0 heterocycles. The van der Waals surface area contributed by atoms with Crippen LogP contribution in [0.5, 0.6) is 11.5 Å². The minimum absolute atomic E-state index is 0.0384. The van der Waals surface area contributed by atoms with Gasteiger partial charge < -0.3 is 19.9 Å². The molecule has 0 saturated heterocycles. The van der Waals surface area contributed by atoms with E-state index < -0.39 is 12.0 Å². The van der Waals surface area contributed by atoms with Gasteiger partial charge in [-0.25, -0.2) is 0 Å². The number of ether oxygens (including phenoxy) is 2. The molecule has 2 N–H and O–H groups in total. The van der Waals surface area contributed by atoms with E-state index in [1.165, 1.54) is 0 Å². The summed E-state index contributed by atoms with van der Waals surface area (Å²) in [4.78, 5) is 10.8. The Morgan fingerprint density at radius 2 is 2.05 bits per heavy atom. The first-order valence-electron chi connectivity index (χ1n) is 6.93. The lowest BCUT2D eigenvalue weighted by Crippen LogP contribution is -2.33. The summed E-state index contributed by atoms with van der Waals surface area (Å²) in [5.41, 5.74) is 0.925. The maximum Gasteiger partial charge on any atom is 0.320 e. The van der Waals surface area contributed by atoms with Gasteiger partial charge in [0.25, 0.3) is 0 Å². The predicted octanol–water partition coefficient (Wildman–Crippen LogP) is 3.20. The van der Waals surface area contributed by atoms with Crippen molar-refractivity contribution in [2.24, 2.45) is 0 Å². The molecule has 0 aliphatic heterocycles. The summed E-state index contributed by atoms with van der Waals surface area (Å²) in [7, 11) is 0. The molecule has 0 radical (unpaired) electrons. The summed E-state index contributed by atoms with van der Waals surface area (Å²) < 4.78 is 12.2. The van der Waals surface area contributed by atoms with Crippen LogP contribution in [0.4, 0.5) is 0 Å². The van der Waals surface area contributed by atoms with Gasteiger partial charge in [-0.3, -0.25) is 4.79 Å². The number of hydrogen-bond donors (Lipinski definition) is 2. The molecule has 0 aliphatic carbocycles. The second-order valence-corrected chi connectivity index (χ2v) is 5.80. The minimum Gasteiger partial charge on any atom is -0.490 e. The summed E-state index contributed by atoms with van der Waals surface area (Å²) in [6.07, 6.45) is 0.0384. The monoisotopic (exact) mass is 359 g/mol. The number of nitrogens with one attached hydrogen (secondary N) is 1. The highest BCUT2D eigenvalue weighted by atomic mass is 79.9. The lowest BCUT2D eigenvalue weighted by molar-refractivity contribution is -0.139. The summed E-state index contributed by atoms with van der Waals surface area (Å²) in [5.74, 6) is 0.445. The first-order chi connectivity index (χ1) is 9.85. The van der Waals surface area contributed by atoms with Crippen LogP contribution >= 0.6 is 15.9 Å². The number of carbonyl (C=O) groups is 1. The Hall–Kier alpha value is -1.27. The SMILES string of the molecule is CCOc1cc(CNC(C)C(=O)O)cc(Br)c1OC(C)C. The molecule has 0 amide bonds. The van der Waals surface area contributed by atoms with Crippen molar-refractivity contribution >= 4 is 21.9 Å². The molecule has 1 atom stereocenters. The van der Waals surface area contributed by atoms with E-state index in [1.807, 2.05) is 32.9 Å². The van der Waals surface area contributed by atoms with E-state index in [9.17, 15) is 4.79 Å². The van der Waals surface area contributed by atoms with Crippen LogP contribution in [0.2, 0.25) is 0 Å². The fourth-order valence-electron chi connectivity index (χ4n) is 1.69. The number of carboxylic acid groups (broad SMARTS) is 1. The molecule has 5 nitrogen and oxygen atoms in total. The highest BCUT2D eigenvalue weighted by Gasteiger charge is 2.15. The van der Waals surface area contributed by atoms with E-state index in [1.54, 1.807) is 6.92 Å². The Balaban J connectivity index is 2.94. The van der Waals surface area contributed by atoms with Crippen molar-refractivity contribution in [1.29, 1.82) is 0 Å². The second kappa shape index (κ2) is 8.24. The molecule has 1 unspecified atom stereocenters. The maximum atomic E-state index is 10.8. The molecule has 21 heavy (non-hydrogen) atoms. The van der Waals surface area contributed by atoms with Crippen molar-refractivity contribution in [3.8, 4) is 11.5 Å². The normalized spacial score (nSPS) is 12.3. The van der Waals surface area contributed by atoms with Gasteiger partial charge in [0.05, 0.1) is 17.2 Å². The molecule has 118 valence electrons. The van der Waals surface area contributed by atoms with Gasteiger partial charge in [0, 0.05) is 6.54 Å². The van der Waals surface area contributed by atoms with Crippen LogP contribution in [0.15, 0.2) is 16.6 Å². The Bertz CT molecular complexity index is 491. The van der Waals surface area contributed by atoms with E-state index in [4.69, 9.17) is 14.6 Å². The molecule has 0 fully saturated rings. The smallest absolute Gasteiger partial charge is 0.320 e. The quantitative estimate of drug-likeness (QED) is 0.745. The second-order valence-electron chi connectivity index (χ2n) is 4.95. The molecule has 6 heteroatoms. The van der Waals surface area contributed by atoms with Gasteiger partial charge in [-0.05, 0) is 61.3 Å². The number of hydrogen-bond acceptors (Lipinski definition) is 4. The van der Waals surface area contributed by atoms with Gasteiger partial charge in [-0.15, -0.1) is 0 Å². The molecule has 1 aromatic carbocycles. The Kier molecular flexibility index (Phi) is 6.98. The van der Waals surface area contributed by atoms with E-state index in [2.05, 4.69) is 21.2 Å². The van der Waals surface area contributed by atoms with Crippen LogP contribution in [0.3, 0.4) is 0 Å². The molecule has 0 spiro atoms. The molecular formula is C15H22BrNO4. The minimum atomic E-state index is -0.876. The van der Waals surface area contributed by atoms with Crippen molar-refractivity contribution in [3.05, 3.63) is 22.2 Å². The summed E-state index contributed by atoms with van der Waals surface area (Å²) >= 11 is 3.48. The first-order valence-corrected chi connectivity index (χ1v) is 7.72. The Morgan fingerprint density at radius 1 is 1.38 bits per heavy atom. The molecule has 1 aromatic rings. The first kappa shape index (κ1) is 17.8. The van der Waals surface area contributed by atoms with E-state index in [0.29, 0.717) is 24.7 Å². The van der Waals surface area contributed by atoms with Crippen molar-refractivity contribution in [1.82, 2.24) is 5.32 Å². The van der Waals surface area contributed by atoms with E-state index >= 15 is 0 Å². The van der Waals surface area contributed by atoms with Gasteiger partial charge in [0.15, 0.2) is 11.5 Å². The van der Waals surface area contributed by atoms with Crippen molar-refractivity contribution in [2.75, 3.05) is 6.61 Å². The lowest BCUT2D eigenvalue weighted by Gasteiger charge is -2.18. The third kappa shape index (κ3) is 5.55. The van der Waals surface area contributed by atoms with Gasteiger partial charge in [-0.2, -0.15) is 0 Å². The van der Waals surface area contributed by atoms with Crippen LogP contribution in [0, 0.1) is 0 Å². The van der Waals surface area contributed by atoms with Gasteiger partial charge in [0.2, 0.25) is 0 Å². The standard InChI is InChI=1S/C15H22BrNO4/c1-5-20-13-7-11(8-17-10(4)15(18)19)6-12(16)14(13)21-9(2)3/h6-7,9-10,17H,5,8H2,1-4H3,(H,18,19). The van der Waals surface area contributed by atoms with Gasteiger partial charge in [-0.1, -0.05) is 0 Å². The van der Waals surface area contributed by atoms with E-state index in [-0.39, 0.29) is 6.10 Å². The average Bonchev–Trinajstić information content (AvgIpc) is 2.39. The van der Waals surface area contributed by atoms with Crippen LogP contribution in [0.25, 0.3) is 0 Å². The fraction of sp³-hybridized carbons (Fsp3) is 0.533. The summed E-state index contributed by atoms with van der Waals surface area (Å²) in [6.45, 7) is 8.39. The molecule has 0 aliphatic rings. The Morgan fingerprint density at radius 3 is 2.57 bits per heavy atom. The summed E-state index contributed by atoms with van der Waals surface area (Å²) in [6, 6.07) is 3.17. The van der Waals surface area contributed by atoms with Crippen LogP contribution < -0.4 is 14.8 Å². The average molecular weight is 360 g/mol. The Labute approximate surface area is 133 Å². The van der Waals surface area contributed by atoms with Gasteiger partial charge in [0.1, 0.15) is 6.04 Å². The molecular weight excluding hydrogens is 338 g/mol. The molecule has 1 rings (SSSR count). The number of benzene rings is 1. The van der Waals surface area contributed by atoms with Gasteiger partial charge >= 0.3 is 5.97 Å². The topological polar surface area (TPSA) is 67.8 Å². The largest absolute Gasteiger partial charge is 0.490 e. The van der Waals surface area contributed by atoms with Crippen molar-refractivity contribution < 1.29 is 19.4 Å². The third-order valence-electron chi connectivity index (χ3n) is 2.71. The lowest BCUT2D eigenvalue weighted by atomic mass is 10.2. The maximum absolute atomic E-state index is 10.8. The zero-order valence-electron chi connectivity index (χ0n) is 12.8. The zero-order valence-corrected chi connectivity index (χ0v) is 14.4. The number of halogens is 1. The number of aliphatic carboxylic acids is 1. The van der Waals surface area contributed by atoms with Crippen LogP contribution in [-0.2, 0) is 11.3 Å². The van der Waals surface area contributed by atoms with Crippen LogP contribution in [-0.4, -0.2) is 29.8 Å². The predicted molar refractivity (Wildman–Crippen MR) is 85.0 cm³/mol. The van der Waals surface area contributed by atoms with E-state index in [0.717, 1.165) is 10.0 Å². The highest BCUT2D eigenvalue weighted by molar-refractivity contribution is 9.10. The zero-order chi connectivity index (χ0) is 16.0.